The van der Waals surface area contributed by atoms with Crippen LogP contribution >= 0.6 is 0 Å². The molecule has 0 saturated carbocycles. The summed E-state index contributed by atoms with van der Waals surface area (Å²) in [5, 5.41) is 1.31. The van der Waals surface area contributed by atoms with Crippen LogP contribution in [-0.2, 0) is 0 Å². The first-order chi connectivity index (χ1) is 9.74. The van der Waals surface area contributed by atoms with Crippen LogP contribution in [0.2, 0.25) is 0 Å². The minimum Gasteiger partial charge on any atom is -0.358 e. The SMILES string of the molecule is CC(N)c1c(C2CN3CCC2CC3)[nH]c2ccccc12. The van der Waals surface area contributed by atoms with E-state index in [-0.39, 0.29) is 6.04 Å². The maximum absolute atomic E-state index is 6.30. The molecule has 5 rings (SSSR count). The molecule has 3 N–H and O–H groups in total. The van der Waals surface area contributed by atoms with Gasteiger partial charge in [-0.05, 0) is 50.4 Å². The van der Waals surface area contributed by atoms with Crippen molar-refractivity contribution in [1.29, 1.82) is 0 Å². The predicted octanol–water partition coefficient (Wildman–Crippen LogP) is 3.00. The number of H-pyrrole nitrogens is 1. The van der Waals surface area contributed by atoms with Crippen LogP contribution in [0.25, 0.3) is 10.9 Å². The van der Waals surface area contributed by atoms with Crippen LogP contribution in [0.5, 0.6) is 0 Å². The second kappa shape index (κ2) is 4.61. The van der Waals surface area contributed by atoms with E-state index in [2.05, 4.69) is 41.1 Å². The lowest BCUT2D eigenvalue weighted by atomic mass is 9.76. The molecular weight excluding hydrogens is 246 g/mol. The van der Waals surface area contributed by atoms with Crippen molar-refractivity contribution in [2.45, 2.75) is 31.7 Å². The molecule has 2 unspecified atom stereocenters. The number of nitrogens with zero attached hydrogens (tertiary/aromatic N) is 1. The molecule has 1 aromatic carbocycles. The van der Waals surface area contributed by atoms with E-state index in [1.807, 2.05) is 0 Å². The highest BCUT2D eigenvalue weighted by molar-refractivity contribution is 5.85. The van der Waals surface area contributed by atoms with Crippen LogP contribution in [0, 0.1) is 5.92 Å². The third kappa shape index (κ3) is 1.80. The number of para-hydroxylation sites is 1. The van der Waals surface area contributed by atoms with E-state index in [9.17, 15) is 0 Å². The molecule has 106 valence electrons. The number of benzene rings is 1. The average molecular weight is 269 g/mol. The second-order valence-electron chi connectivity index (χ2n) is 6.53. The fourth-order valence-electron chi connectivity index (χ4n) is 4.26. The lowest BCUT2D eigenvalue weighted by molar-refractivity contribution is 0.0853. The van der Waals surface area contributed by atoms with Crippen LogP contribution in [-0.4, -0.2) is 29.5 Å². The van der Waals surface area contributed by atoms with Gasteiger partial charge in [0, 0.05) is 35.1 Å². The highest BCUT2D eigenvalue weighted by Crippen LogP contribution is 2.42. The van der Waals surface area contributed by atoms with Crippen molar-refractivity contribution < 1.29 is 0 Å². The van der Waals surface area contributed by atoms with Gasteiger partial charge < -0.3 is 15.6 Å². The summed E-state index contributed by atoms with van der Waals surface area (Å²) >= 11 is 0. The van der Waals surface area contributed by atoms with Crippen molar-refractivity contribution in [3.05, 3.63) is 35.5 Å². The van der Waals surface area contributed by atoms with Gasteiger partial charge in [-0.2, -0.15) is 0 Å². The van der Waals surface area contributed by atoms with Crippen molar-refractivity contribution >= 4 is 10.9 Å². The van der Waals surface area contributed by atoms with Gasteiger partial charge in [0.05, 0.1) is 0 Å². The number of aromatic amines is 1. The lowest BCUT2D eigenvalue weighted by Crippen LogP contribution is -2.46. The summed E-state index contributed by atoms with van der Waals surface area (Å²) in [7, 11) is 0. The first kappa shape index (κ1) is 12.4. The Labute approximate surface area is 120 Å². The standard InChI is InChI=1S/C17H23N3/c1-11(18)16-13-4-2-3-5-15(13)19-17(16)14-10-20-8-6-12(14)7-9-20/h2-5,11-12,14,19H,6-10,18H2,1H3. The number of aromatic nitrogens is 1. The van der Waals surface area contributed by atoms with E-state index >= 15 is 0 Å². The van der Waals surface area contributed by atoms with Crippen LogP contribution < -0.4 is 5.73 Å². The number of nitrogens with two attached hydrogens (primary N) is 1. The van der Waals surface area contributed by atoms with Crippen molar-refractivity contribution in [2.75, 3.05) is 19.6 Å². The second-order valence-corrected chi connectivity index (χ2v) is 6.53. The van der Waals surface area contributed by atoms with E-state index in [0.29, 0.717) is 5.92 Å². The average Bonchev–Trinajstić information content (AvgIpc) is 2.87. The van der Waals surface area contributed by atoms with Crippen LogP contribution in [0.3, 0.4) is 0 Å². The Morgan fingerprint density at radius 3 is 2.65 bits per heavy atom. The van der Waals surface area contributed by atoms with Gasteiger partial charge >= 0.3 is 0 Å². The molecule has 2 aromatic rings. The van der Waals surface area contributed by atoms with Crippen molar-refractivity contribution in [3.8, 4) is 0 Å². The maximum Gasteiger partial charge on any atom is 0.0459 e. The van der Waals surface area contributed by atoms with Gasteiger partial charge in [0.15, 0.2) is 0 Å². The lowest BCUT2D eigenvalue weighted by Gasteiger charge is -2.45. The van der Waals surface area contributed by atoms with Gasteiger partial charge in [-0.1, -0.05) is 18.2 Å². The Bertz CT molecular complexity index is 620. The number of hydrogen-bond donors (Lipinski definition) is 2. The Kier molecular flexibility index (Phi) is 2.86. The number of piperidine rings is 3. The smallest absolute Gasteiger partial charge is 0.0459 e. The summed E-state index contributed by atoms with van der Waals surface area (Å²) in [5.41, 5.74) is 10.3. The predicted molar refractivity (Wildman–Crippen MR) is 82.8 cm³/mol. The van der Waals surface area contributed by atoms with E-state index in [1.165, 1.54) is 54.6 Å². The summed E-state index contributed by atoms with van der Waals surface area (Å²) in [4.78, 5) is 6.31. The summed E-state index contributed by atoms with van der Waals surface area (Å²) in [6.07, 6.45) is 2.69. The number of hydrogen-bond acceptors (Lipinski definition) is 2. The molecule has 3 heteroatoms. The fraction of sp³-hybridized carbons (Fsp3) is 0.529. The quantitative estimate of drug-likeness (QED) is 0.880. The monoisotopic (exact) mass is 269 g/mol. The number of rotatable bonds is 2. The minimum atomic E-state index is 0.0941. The number of fused-ring (bicyclic) bond motifs is 4. The van der Waals surface area contributed by atoms with Gasteiger partial charge in [0.1, 0.15) is 0 Å². The van der Waals surface area contributed by atoms with Gasteiger partial charge in [0.2, 0.25) is 0 Å². The topological polar surface area (TPSA) is 45.0 Å². The van der Waals surface area contributed by atoms with Crippen LogP contribution in [0.15, 0.2) is 24.3 Å². The zero-order valence-corrected chi connectivity index (χ0v) is 12.1. The van der Waals surface area contributed by atoms with Crippen LogP contribution in [0.1, 0.15) is 43.0 Å². The Morgan fingerprint density at radius 1 is 1.25 bits per heavy atom. The number of nitrogens with one attached hydrogen (secondary N) is 1. The van der Waals surface area contributed by atoms with Gasteiger partial charge in [-0.25, -0.2) is 0 Å². The zero-order valence-electron chi connectivity index (χ0n) is 12.1. The molecule has 1 aromatic heterocycles. The molecule has 0 amide bonds. The minimum absolute atomic E-state index is 0.0941. The Hall–Kier alpha value is -1.32. The molecular formula is C17H23N3. The summed E-state index contributed by atoms with van der Waals surface area (Å²) in [6, 6.07) is 8.69. The van der Waals surface area contributed by atoms with E-state index in [0.717, 1.165) is 5.92 Å². The van der Waals surface area contributed by atoms with Crippen molar-refractivity contribution in [3.63, 3.8) is 0 Å². The van der Waals surface area contributed by atoms with E-state index < -0.39 is 0 Å². The molecule has 3 fully saturated rings. The first-order valence-electron chi connectivity index (χ1n) is 7.82. The largest absolute Gasteiger partial charge is 0.358 e. The van der Waals surface area contributed by atoms with Crippen LogP contribution in [0.4, 0.5) is 0 Å². The molecule has 20 heavy (non-hydrogen) atoms. The molecule has 3 nitrogen and oxygen atoms in total. The fourth-order valence-corrected chi connectivity index (χ4v) is 4.26. The summed E-state index contributed by atoms with van der Waals surface area (Å²) < 4.78 is 0. The van der Waals surface area contributed by atoms with Gasteiger partial charge in [-0.3, -0.25) is 0 Å². The third-order valence-corrected chi connectivity index (χ3v) is 5.26. The first-order valence-corrected chi connectivity index (χ1v) is 7.82. The van der Waals surface area contributed by atoms with E-state index in [1.54, 1.807) is 0 Å². The molecule has 3 aliphatic heterocycles. The van der Waals surface area contributed by atoms with E-state index in [4.69, 9.17) is 5.73 Å². The molecule has 0 radical (unpaired) electrons. The molecule has 2 bridgehead atoms. The zero-order chi connectivity index (χ0) is 13.7. The Morgan fingerprint density at radius 2 is 2.00 bits per heavy atom. The molecule has 4 heterocycles. The Balaban J connectivity index is 1.84. The summed E-state index contributed by atoms with van der Waals surface area (Å²) in [6.45, 7) is 5.89. The van der Waals surface area contributed by atoms with Gasteiger partial charge in [0.25, 0.3) is 0 Å². The highest BCUT2D eigenvalue weighted by atomic mass is 15.1. The highest BCUT2D eigenvalue weighted by Gasteiger charge is 2.37. The molecule has 3 saturated heterocycles. The normalized spacial score (nSPS) is 30.8. The third-order valence-electron chi connectivity index (χ3n) is 5.26. The maximum atomic E-state index is 6.30. The van der Waals surface area contributed by atoms with Crippen molar-refractivity contribution in [2.24, 2.45) is 11.7 Å². The van der Waals surface area contributed by atoms with Crippen molar-refractivity contribution in [1.82, 2.24) is 9.88 Å². The van der Waals surface area contributed by atoms with Gasteiger partial charge in [-0.15, -0.1) is 0 Å². The molecule has 0 spiro atoms. The molecule has 3 aliphatic rings. The molecule has 2 atom stereocenters. The molecule has 0 aliphatic carbocycles. The summed E-state index contributed by atoms with van der Waals surface area (Å²) in [5.74, 6) is 1.48.